The van der Waals surface area contributed by atoms with E-state index in [9.17, 15) is 29.6 Å². The van der Waals surface area contributed by atoms with Gasteiger partial charge in [0.1, 0.15) is 12.1 Å². The third-order valence-corrected chi connectivity index (χ3v) is 7.10. The van der Waals surface area contributed by atoms with Crippen LogP contribution in [-0.4, -0.2) is 70.3 Å². The van der Waals surface area contributed by atoms with E-state index < -0.39 is 35.2 Å². The van der Waals surface area contributed by atoms with Crippen molar-refractivity contribution in [1.82, 2.24) is 10.2 Å². The number of amides is 1. The Morgan fingerprint density at radius 2 is 1.82 bits per heavy atom. The lowest BCUT2D eigenvalue weighted by Gasteiger charge is -2.38. The van der Waals surface area contributed by atoms with E-state index in [1.807, 2.05) is 30.3 Å². The molecule has 5 atom stereocenters. The number of carboxylic acid groups (broad SMARTS) is 1. The van der Waals surface area contributed by atoms with E-state index in [0.29, 0.717) is 32.1 Å². The van der Waals surface area contributed by atoms with Gasteiger partial charge >= 0.3 is 11.9 Å². The van der Waals surface area contributed by atoms with Gasteiger partial charge in [-0.25, -0.2) is 4.79 Å². The van der Waals surface area contributed by atoms with E-state index in [2.05, 4.69) is 17.1 Å². The maximum Gasteiger partial charge on any atom is 0.328 e. The molecule has 0 saturated heterocycles. The topological polar surface area (TPSA) is 148 Å². The van der Waals surface area contributed by atoms with Crippen molar-refractivity contribution < 1.29 is 34.2 Å². The van der Waals surface area contributed by atoms with E-state index in [1.165, 1.54) is 0 Å². The van der Waals surface area contributed by atoms with Crippen LogP contribution in [0, 0.1) is 16.0 Å². The van der Waals surface area contributed by atoms with Crippen LogP contribution >= 0.6 is 0 Å². The molecule has 11 heteroatoms. The predicted octanol–water partition coefficient (Wildman–Crippen LogP) is 3.38. The monoisotopic (exact) mass is 535 g/mol. The molecule has 2 N–H and O–H groups in total. The van der Waals surface area contributed by atoms with Crippen LogP contribution in [0.25, 0.3) is 0 Å². The molecule has 0 spiro atoms. The zero-order valence-corrected chi connectivity index (χ0v) is 22.5. The first kappa shape index (κ1) is 31.0. The number of unbranched alkanes of at least 4 members (excludes halogenated alkanes) is 2. The minimum Gasteiger partial charge on any atom is -0.480 e. The number of aliphatic carboxylic acids is 1. The number of hydrogen-bond donors (Lipinski definition) is 2. The number of esters is 1. The largest absolute Gasteiger partial charge is 0.480 e. The number of nitrogens with zero attached hydrogens (tertiary/aromatic N) is 2. The number of aryl methyl sites for hydroxylation is 1. The highest BCUT2D eigenvalue weighted by Gasteiger charge is 2.40. The van der Waals surface area contributed by atoms with Gasteiger partial charge in [0.25, 0.3) is 5.09 Å². The van der Waals surface area contributed by atoms with Crippen LogP contribution < -0.4 is 5.32 Å². The summed E-state index contributed by atoms with van der Waals surface area (Å²) in [5.41, 5.74) is 1.02. The van der Waals surface area contributed by atoms with Gasteiger partial charge in [-0.05, 0) is 70.3 Å². The highest BCUT2D eigenvalue weighted by molar-refractivity contribution is 5.88. The second-order valence-electron chi connectivity index (χ2n) is 9.99. The first-order valence-corrected chi connectivity index (χ1v) is 13.4. The summed E-state index contributed by atoms with van der Waals surface area (Å²) in [6, 6.07) is 6.87. The summed E-state index contributed by atoms with van der Waals surface area (Å²) in [5, 5.41) is 22.1. The summed E-state index contributed by atoms with van der Waals surface area (Å²) >= 11 is 0. The summed E-state index contributed by atoms with van der Waals surface area (Å²) in [7, 11) is 0. The normalized spacial score (nSPS) is 19.2. The lowest BCUT2D eigenvalue weighted by Crippen LogP contribution is -2.58. The van der Waals surface area contributed by atoms with E-state index in [4.69, 9.17) is 4.74 Å². The molecule has 11 nitrogen and oxygen atoms in total. The first-order chi connectivity index (χ1) is 18.1. The van der Waals surface area contributed by atoms with Crippen molar-refractivity contribution in [1.29, 1.82) is 0 Å². The summed E-state index contributed by atoms with van der Waals surface area (Å²) in [5.74, 6) is -1.67. The molecule has 0 aliphatic heterocycles. The van der Waals surface area contributed by atoms with Crippen molar-refractivity contribution in [2.45, 2.75) is 96.3 Å². The molecule has 212 valence electrons. The molecule has 1 saturated carbocycles. The number of benzene rings is 1. The number of hydrogen-bond acceptors (Lipinski definition) is 8. The zero-order chi connectivity index (χ0) is 28.1. The van der Waals surface area contributed by atoms with Crippen molar-refractivity contribution in [2.75, 3.05) is 13.2 Å². The SMILES string of the molecule is CC(NC(CCc1ccccc1)C(=O)O)C(=O)N(C(C)C(=O)OCCCCCO[N+](=O)[O-])C1CCCC1C. The molecule has 2 rings (SSSR count). The Morgan fingerprint density at radius 1 is 1.13 bits per heavy atom. The fourth-order valence-electron chi connectivity index (χ4n) is 4.94. The van der Waals surface area contributed by atoms with Gasteiger partial charge in [-0.15, -0.1) is 10.1 Å². The molecule has 1 aromatic rings. The van der Waals surface area contributed by atoms with Gasteiger partial charge in [0, 0.05) is 6.04 Å². The van der Waals surface area contributed by atoms with Crippen molar-refractivity contribution >= 4 is 17.8 Å². The fourth-order valence-corrected chi connectivity index (χ4v) is 4.94. The second kappa shape index (κ2) is 15.9. The molecule has 1 amide bonds. The maximum absolute atomic E-state index is 13.7. The minimum absolute atomic E-state index is 0.00717. The van der Waals surface area contributed by atoms with Gasteiger partial charge in [-0.1, -0.05) is 43.7 Å². The van der Waals surface area contributed by atoms with Crippen LogP contribution in [0.1, 0.15) is 71.3 Å². The lowest BCUT2D eigenvalue weighted by atomic mass is 10.0. The fraction of sp³-hybridized carbons (Fsp3) is 0.667. The Balaban J connectivity index is 1.99. The number of rotatable bonds is 17. The molecule has 1 aliphatic carbocycles. The predicted molar refractivity (Wildman–Crippen MR) is 140 cm³/mol. The Morgan fingerprint density at radius 3 is 2.42 bits per heavy atom. The summed E-state index contributed by atoms with van der Waals surface area (Å²) in [6.45, 7) is 5.47. The Hall–Kier alpha value is -3.21. The number of carbonyl (C=O) groups excluding carboxylic acids is 2. The summed E-state index contributed by atoms with van der Waals surface area (Å²) < 4.78 is 5.42. The highest BCUT2D eigenvalue weighted by Crippen LogP contribution is 2.31. The van der Waals surface area contributed by atoms with Gasteiger partial charge in [0.2, 0.25) is 5.91 Å². The number of carbonyl (C=O) groups is 3. The van der Waals surface area contributed by atoms with Gasteiger partial charge in [-0.2, -0.15) is 0 Å². The number of carboxylic acids is 1. The van der Waals surface area contributed by atoms with Crippen molar-refractivity contribution in [2.24, 2.45) is 5.92 Å². The minimum atomic E-state index is -1.03. The summed E-state index contributed by atoms with van der Waals surface area (Å²) in [6.07, 6.45) is 5.11. The average molecular weight is 536 g/mol. The Bertz CT molecular complexity index is 913. The molecule has 0 aromatic heterocycles. The van der Waals surface area contributed by atoms with Gasteiger partial charge in [0.05, 0.1) is 19.3 Å². The molecule has 0 bridgehead atoms. The third-order valence-electron chi connectivity index (χ3n) is 7.10. The van der Waals surface area contributed by atoms with Crippen LogP contribution in [0.3, 0.4) is 0 Å². The molecule has 0 radical (unpaired) electrons. The molecule has 1 fully saturated rings. The molecule has 1 aromatic carbocycles. The molecular weight excluding hydrogens is 494 g/mol. The van der Waals surface area contributed by atoms with Crippen LogP contribution in [-0.2, 0) is 30.4 Å². The van der Waals surface area contributed by atoms with Crippen LogP contribution in [0.15, 0.2) is 30.3 Å². The smallest absolute Gasteiger partial charge is 0.328 e. The number of nitrogens with one attached hydrogen (secondary N) is 1. The van der Waals surface area contributed by atoms with Crippen LogP contribution in [0.5, 0.6) is 0 Å². The summed E-state index contributed by atoms with van der Waals surface area (Å²) in [4.78, 5) is 54.5. The van der Waals surface area contributed by atoms with Crippen LogP contribution in [0.4, 0.5) is 0 Å². The second-order valence-corrected chi connectivity index (χ2v) is 9.99. The van der Waals surface area contributed by atoms with Crippen molar-refractivity contribution in [3.8, 4) is 0 Å². The van der Waals surface area contributed by atoms with E-state index >= 15 is 0 Å². The van der Waals surface area contributed by atoms with Gasteiger partial charge in [-0.3, -0.25) is 14.9 Å². The Kier molecular flexibility index (Phi) is 13.0. The third kappa shape index (κ3) is 9.92. The van der Waals surface area contributed by atoms with Crippen molar-refractivity contribution in [3.05, 3.63) is 46.0 Å². The lowest BCUT2D eigenvalue weighted by molar-refractivity contribution is -0.757. The number of ether oxygens (including phenoxy) is 1. The van der Waals surface area contributed by atoms with Gasteiger partial charge < -0.3 is 19.6 Å². The van der Waals surface area contributed by atoms with E-state index in [-0.39, 0.29) is 31.1 Å². The van der Waals surface area contributed by atoms with E-state index in [0.717, 1.165) is 24.8 Å². The quantitative estimate of drug-likeness (QED) is 0.132. The maximum atomic E-state index is 13.7. The zero-order valence-electron chi connectivity index (χ0n) is 22.5. The van der Waals surface area contributed by atoms with E-state index in [1.54, 1.807) is 18.7 Å². The molecule has 1 aliphatic rings. The molecule has 5 unspecified atom stereocenters. The van der Waals surface area contributed by atoms with Gasteiger partial charge in [0.15, 0.2) is 0 Å². The Labute approximate surface area is 224 Å². The standard InChI is InChI=1S/C27H41N3O8/c1-19-11-10-14-24(19)29(21(3)27(34)37-17-8-5-9-18-38-30(35)36)25(31)20(2)28-23(26(32)33)16-15-22-12-6-4-7-13-22/h4,6-7,12-13,19-21,23-24,28H,5,8-11,14-18H2,1-3H3,(H,32,33). The average Bonchev–Trinajstić information content (AvgIpc) is 3.30. The van der Waals surface area contributed by atoms with Crippen molar-refractivity contribution in [3.63, 3.8) is 0 Å². The highest BCUT2D eigenvalue weighted by atomic mass is 16.9. The first-order valence-electron chi connectivity index (χ1n) is 13.4. The molecule has 0 heterocycles. The van der Waals surface area contributed by atoms with Crippen LogP contribution in [0.2, 0.25) is 0 Å². The molecular formula is C27H41N3O8. The molecule has 38 heavy (non-hydrogen) atoms.